The minimum absolute atomic E-state index is 0.0549. The first-order valence-electron chi connectivity index (χ1n) is 8.20. The predicted molar refractivity (Wildman–Crippen MR) is 115 cm³/mol. The molecule has 1 unspecified atom stereocenters. The van der Waals surface area contributed by atoms with Gasteiger partial charge in [-0.3, -0.25) is 0 Å². The van der Waals surface area contributed by atoms with Crippen molar-refractivity contribution in [3.05, 3.63) is 81.0 Å². The number of nitrogens with zero attached hydrogens (tertiary/aromatic N) is 2. The van der Waals surface area contributed by atoms with E-state index >= 15 is 0 Å². The maximum atomic E-state index is 14.8. The number of nitrogens with two attached hydrogens (primary N) is 1. The summed E-state index contributed by atoms with van der Waals surface area (Å²) in [6.07, 6.45) is 2.31. The summed E-state index contributed by atoms with van der Waals surface area (Å²) in [5, 5.41) is 7.50. The highest BCUT2D eigenvalue weighted by molar-refractivity contribution is 7.75. The Hall–Kier alpha value is -2.99. The quantitative estimate of drug-likeness (QED) is 0.289. The summed E-state index contributed by atoms with van der Waals surface area (Å²) in [6, 6.07) is 8.00. The lowest BCUT2D eigenvalue weighted by Crippen LogP contribution is -1.97. The SMILES string of the molecule is N=Cc1cc(C#Cc2c(F)ccc(/N=[SH](=O)/c3c(Cl)cccc3Cl)c2F)cnc1N. The van der Waals surface area contributed by atoms with E-state index in [-0.39, 0.29) is 26.4 Å². The topological polar surface area (TPSA) is 92.2 Å². The largest absolute Gasteiger partial charge is 0.383 e. The van der Waals surface area contributed by atoms with E-state index in [1.54, 1.807) is 6.07 Å². The summed E-state index contributed by atoms with van der Waals surface area (Å²) in [6.45, 7) is 0. The molecule has 0 bridgehead atoms. The number of aromatic nitrogens is 1. The number of benzene rings is 2. The molecule has 0 spiro atoms. The number of hydrogen-bond acceptors (Lipinski definition) is 5. The maximum absolute atomic E-state index is 14.8. The lowest BCUT2D eigenvalue weighted by molar-refractivity contribution is 0.579. The van der Waals surface area contributed by atoms with Crippen LogP contribution >= 0.6 is 23.2 Å². The molecule has 0 aliphatic rings. The van der Waals surface area contributed by atoms with Crippen molar-refractivity contribution in [1.82, 2.24) is 4.98 Å². The molecule has 0 fully saturated rings. The second-order valence-corrected chi connectivity index (χ2v) is 7.80. The van der Waals surface area contributed by atoms with Crippen molar-refractivity contribution < 1.29 is 13.0 Å². The van der Waals surface area contributed by atoms with Crippen LogP contribution in [0, 0.1) is 28.9 Å². The van der Waals surface area contributed by atoms with Crippen molar-refractivity contribution in [3.63, 3.8) is 0 Å². The Balaban J connectivity index is 2.06. The third-order valence-corrected chi connectivity index (χ3v) is 5.99. The first-order valence-corrected chi connectivity index (χ1v) is 10.2. The number of thiol groups is 1. The van der Waals surface area contributed by atoms with Crippen molar-refractivity contribution >= 4 is 51.5 Å². The zero-order chi connectivity index (χ0) is 21.8. The molecule has 3 rings (SSSR count). The lowest BCUT2D eigenvalue weighted by Gasteiger charge is -2.04. The average Bonchev–Trinajstić information content (AvgIpc) is 2.71. The van der Waals surface area contributed by atoms with Crippen molar-refractivity contribution in [2.45, 2.75) is 4.90 Å². The molecule has 0 amide bonds. The van der Waals surface area contributed by atoms with Crippen LogP contribution in [0.4, 0.5) is 20.3 Å². The van der Waals surface area contributed by atoms with E-state index in [9.17, 15) is 13.0 Å². The van der Waals surface area contributed by atoms with Gasteiger partial charge < -0.3 is 11.1 Å². The van der Waals surface area contributed by atoms with E-state index in [4.69, 9.17) is 34.3 Å². The smallest absolute Gasteiger partial charge is 0.168 e. The van der Waals surface area contributed by atoms with Gasteiger partial charge >= 0.3 is 0 Å². The van der Waals surface area contributed by atoms with Gasteiger partial charge in [-0.25, -0.2) is 18.0 Å². The van der Waals surface area contributed by atoms with Gasteiger partial charge in [0.05, 0.1) is 31.1 Å². The van der Waals surface area contributed by atoms with Crippen LogP contribution in [0.15, 0.2) is 51.9 Å². The van der Waals surface area contributed by atoms with Crippen molar-refractivity contribution in [3.8, 4) is 11.8 Å². The first-order chi connectivity index (χ1) is 14.3. The molecule has 0 saturated carbocycles. The molecule has 152 valence electrons. The summed E-state index contributed by atoms with van der Waals surface area (Å²) >= 11 is 12.0. The number of anilines is 1. The van der Waals surface area contributed by atoms with E-state index in [0.717, 1.165) is 18.3 Å². The highest BCUT2D eigenvalue weighted by Gasteiger charge is 2.13. The van der Waals surface area contributed by atoms with E-state index < -0.39 is 27.8 Å². The molecule has 30 heavy (non-hydrogen) atoms. The molecular formula is C20H12Cl2F2N4OS. The molecule has 1 aromatic heterocycles. The monoisotopic (exact) mass is 464 g/mol. The number of pyridine rings is 1. The number of nitrogen functional groups attached to an aromatic ring is 1. The summed E-state index contributed by atoms with van der Waals surface area (Å²) in [4.78, 5) is 3.92. The molecule has 3 N–H and O–H groups in total. The van der Waals surface area contributed by atoms with Crippen LogP contribution in [0.3, 0.4) is 0 Å². The standard InChI is InChI=1S/C20H12Cl2F2N4OS/c21-14-2-1-3-15(22)19(14)30(29)28-17-7-6-16(23)13(18(17)24)5-4-11-8-12(9-25)20(26)27-10-11/h1-3,6-10,25,30H,(H2,26,27). The van der Waals surface area contributed by atoms with E-state index in [1.165, 1.54) is 24.4 Å². The molecule has 0 radical (unpaired) electrons. The van der Waals surface area contributed by atoms with Gasteiger partial charge in [0.2, 0.25) is 0 Å². The third-order valence-electron chi connectivity index (χ3n) is 3.83. The lowest BCUT2D eigenvalue weighted by atomic mass is 10.1. The van der Waals surface area contributed by atoms with Gasteiger partial charge in [0.1, 0.15) is 17.3 Å². The summed E-state index contributed by atoms with van der Waals surface area (Å²) in [7, 11) is -2.54. The molecule has 5 nitrogen and oxygen atoms in total. The Bertz CT molecular complexity index is 1290. The number of rotatable bonds is 3. The molecule has 1 atom stereocenters. The Morgan fingerprint density at radius 1 is 1.17 bits per heavy atom. The van der Waals surface area contributed by atoms with Gasteiger partial charge in [0, 0.05) is 23.5 Å². The molecule has 0 aliphatic carbocycles. The van der Waals surface area contributed by atoms with Gasteiger partial charge in [-0.05, 0) is 30.3 Å². The fraction of sp³-hybridized carbons (Fsp3) is 0. The zero-order valence-electron chi connectivity index (χ0n) is 15.0. The van der Waals surface area contributed by atoms with Crippen LogP contribution in [0.5, 0.6) is 0 Å². The van der Waals surface area contributed by atoms with Gasteiger partial charge in [-0.2, -0.15) is 4.36 Å². The van der Waals surface area contributed by atoms with Crippen molar-refractivity contribution in [2.75, 3.05) is 5.73 Å². The molecule has 2 aromatic carbocycles. The van der Waals surface area contributed by atoms with Crippen LogP contribution in [0.1, 0.15) is 16.7 Å². The average molecular weight is 465 g/mol. The molecule has 0 aliphatic heterocycles. The van der Waals surface area contributed by atoms with Crippen LogP contribution in [0.2, 0.25) is 10.0 Å². The van der Waals surface area contributed by atoms with E-state index in [0.29, 0.717) is 11.1 Å². The molecular weight excluding hydrogens is 453 g/mol. The van der Waals surface area contributed by atoms with E-state index in [2.05, 4.69) is 21.2 Å². The first kappa shape index (κ1) is 21.7. The van der Waals surface area contributed by atoms with Crippen LogP contribution < -0.4 is 5.73 Å². The van der Waals surface area contributed by atoms with Crippen molar-refractivity contribution in [2.24, 2.45) is 4.36 Å². The van der Waals surface area contributed by atoms with Crippen LogP contribution in [-0.4, -0.2) is 15.4 Å². The highest BCUT2D eigenvalue weighted by atomic mass is 35.5. The Labute approximate surface area is 182 Å². The zero-order valence-corrected chi connectivity index (χ0v) is 17.4. The maximum Gasteiger partial charge on any atom is 0.168 e. The van der Waals surface area contributed by atoms with E-state index in [1.807, 2.05) is 0 Å². The second kappa shape index (κ2) is 9.22. The van der Waals surface area contributed by atoms with Gasteiger partial charge in [-0.15, -0.1) is 0 Å². The molecule has 10 heteroatoms. The minimum Gasteiger partial charge on any atom is -0.383 e. The predicted octanol–water partition coefficient (Wildman–Crippen LogP) is 5.00. The Morgan fingerprint density at radius 3 is 2.53 bits per heavy atom. The summed E-state index contributed by atoms with van der Waals surface area (Å²) in [5.74, 6) is 3.09. The number of halogens is 4. The van der Waals surface area contributed by atoms with Crippen LogP contribution in [0.25, 0.3) is 0 Å². The third kappa shape index (κ3) is 4.60. The molecule has 3 aromatic rings. The minimum atomic E-state index is -2.54. The van der Waals surface area contributed by atoms with Gasteiger partial charge in [0.25, 0.3) is 0 Å². The second-order valence-electron chi connectivity index (χ2n) is 5.79. The van der Waals surface area contributed by atoms with Crippen LogP contribution in [-0.2, 0) is 10.6 Å². The summed E-state index contributed by atoms with van der Waals surface area (Å²) in [5.41, 5.74) is 5.31. The molecule has 1 heterocycles. The normalized spacial score (nSPS) is 11.6. The van der Waals surface area contributed by atoms with Gasteiger partial charge in [-0.1, -0.05) is 41.1 Å². The number of hydrogen-bond donors (Lipinski definition) is 3. The fourth-order valence-corrected chi connectivity index (χ4v) is 4.16. The highest BCUT2D eigenvalue weighted by Crippen LogP contribution is 2.29. The molecule has 0 saturated heterocycles. The Morgan fingerprint density at radius 2 is 1.87 bits per heavy atom. The summed E-state index contributed by atoms with van der Waals surface area (Å²) < 4.78 is 45.4. The fourth-order valence-electron chi connectivity index (χ4n) is 2.36. The van der Waals surface area contributed by atoms with Gasteiger partial charge in [0.15, 0.2) is 5.82 Å². The number of nitrogens with one attached hydrogen (secondary N) is 1. The Kier molecular flexibility index (Phi) is 6.67. The van der Waals surface area contributed by atoms with Crippen molar-refractivity contribution in [1.29, 1.82) is 5.41 Å².